The number of halogens is 1. The molecule has 1 aromatic rings. The quantitative estimate of drug-likeness (QED) is 0.730. The predicted octanol–water partition coefficient (Wildman–Crippen LogP) is 1.37. The van der Waals surface area contributed by atoms with Crippen molar-refractivity contribution in [2.24, 2.45) is 0 Å². The van der Waals surface area contributed by atoms with Gasteiger partial charge in [-0.3, -0.25) is 4.79 Å². The fourth-order valence-electron chi connectivity index (χ4n) is 1.10. The fraction of sp³-hybridized carbons (Fsp3) is 0.500. The van der Waals surface area contributed by atoms with Gasteiger partial charge in [-0.2, -0.15) is 0 Å². The summed E-state index contributed by atoms with van der Waals surface area (Å²) in [6.07, 6.45) is 0. The number of carbonyl (C=O) groups excluding carboxylic acids is 1. The second kappa shape index (κ2) is 7.62. The number of hydrogen-bond donors (Lipinski definition) is 2. The topological polar surface area (TPSA) is 50.4 Å². The number of hydrogen-bond acceptors (Lipinski definition) is 4. The zero-order chi connectivity index (χ0) is 11.8. The smallest absolute Gasteiger partial charge is 0.262 e. The summed E-state index contributed by atoms with van der Waals surface area (Å²) in [7, 11) is 1.66. The largest absolute Gasteiger partial charge is 0.383 e. The van der Waals surface area contributed by atoms with Crippen LogP contribution in [0, 0.1) is 0 Å². The van der Waals surface area contributed by atoms with Gasteiger partial charge in [-0.1, -0.05) is 11.6 Å². The third kappa shape index (κ3) is 4.49. The van der Waals surface area contributed by atoms with E-state index in [9.17, 15) is 4.79 Å². The van der Waals surface area contributed by atoms with Crippen molar-refractivity contribution in [3.8, 4) is 0 Å². The molecule has 0 aromatic carbocycles. The Morgan fingerprint density at radius 3 is 2.94 bits per heavy atom. The number of methoxy groups -OCH3 is 1. The molecule has 1 amide bonds. The monoisotopic (exact) mass is 262 g/mol. The maximum atomic E-state index is 11.6. The van der Waals surface area contributed by atoms with Crippen molar-refractivity contribution in [2.45, 2.75) is 0 Å². The number of carbonyl (C=O) groups is 1. The van der Waals surface area contributed by atoms with E-state index < -0.39 is 0 Å². The maximum absolute atomic E-state index is 11.6. The normalized spacial score (nSPS) is 10.4. The van der Waals surface area contributed by atoms with Crippen LogP contribution in [0.5, 0.6) is 0 Å². The highest BCUT2D eigenvalue weighted by molar-refractivity contribution is 7.12. The van der Waals surface area contributed by atoms with Crippen LogP contribution in [0.1, 0.15) is 9.67 Å². The molecule has 16 heavy (non-hydrogen) atoms. The zero-order valence-corrected chi connectivity index (χ0v) is 10.7. The second-order valence-electron chi connectivity index (χ2n) is 3.10. The summed E-state index contributed by atoms with van der Waals surface area (Å²) in [6.45, 7) is 2.76. The number of ether oxygens (including phenoxy) is 1. The van der Waals surface area contributed by atoms with Gasteiger partial charge in [-0.25, -0.2) is 0 Å². The summed E-state index contributed by atoms with van der Waals surface area (Å²) in [5.74, 6) is -0.117. The summed E-state index contributed by atoms with van der Waals surface area (Å²) in [4.78, 5) is 12.1. The molecular weight excluding hydrogens is 248 g/mol. The van der Waals surface area contributed by atoms with Crippen molar-refractivity contribution in [1.82, 2.24) is 10.6 Å². The third-order valence-electron chi connectivity index (χ3n) is 1.89. The molecule has 0 aliphatic heterocycles. The van der Waals surface area contributed by atoms with E-state index in [2.05, 4.69) is 10.6 Å². The van der Waals surface area contributed by atoms with Crippen LogP contribution in [0.2, 0.25) is 5.02 Å². The highest BCUT2D eigenvalue weighted by Crippen LogP contribution is 2.21. The van der Waals surface area contributed by atoms with Gasteiger partial charge in [0.15, 0.2) is 0 Å². The van der Waals surface area contributed by atoms with Gasteiger partial charge < -0.3 is 15.4 Å². The van der Waals surface area contributed by atoms with Crippen LogP contribution in [0.3, 0.4) is 0 Å². The first-order valence-corrected chi connectivity index (χ1v) is 6.22. The van der Waals surface area contributed by atoms with Gasteiger partial charge >= 0.3 is 0 Å². The molecule has 1 heterocycles. The van der Waals surface area contributed by atoms with Crippen LogP contribution >= 0.6 is 22.9 Å². The van der Waals surface area contributed by atoms with E-state index >= 15 is 0 Å². The Hall–Kier alpha value is -0.620. The lowest BCUT2D eigenvalue weighted by atomic mass is 10.4. The molecule has 0 spiro atoms. The molecule has 0 saturated heterocycles. The molecule has 0 saturated carbocycles. The van der Waals surface area contributed by atoms with Crippen molar-refractivity contribution >= 4 is 28.8 Å². The Kier molecular flexibility index (Phi) is 6.40. The molecule has 0 unspecified atom stereocenters. The number of nitrogens with one attached hydrogen (secondary N) is 2. The summed E-state index contributed by atoms with van der Waals surface area (Å²) >= 11 is 7.18. The van der Waals surface area contributed by atoms with Crippen LogP contribution in [0.4, 0.5) is 0 Å². The fourth-order valence-corrected chi connectivity index (χ4v) is 2.16. The van der Waals surface area contributed by atoms with Crippen molar-refractivity contribution in [3.05, 3.63) is 21.3 Å². The highest BCUT2D eigenvalue weighted by atomic mass is 35.5. The van der Waals surface area contributed by atoms with Gasteiger partial charge in [-0.15, -0.1) is 11.3 Å². The predicted molar refractivity (Wildman–Crippen MR) is 66.4 cm³/mol. The molecule has 0 bridgehead atoms. The minimum absolute atomic E-state index is 0.117. The van der Waals surface area contributed by atoms with Gasteiger partial charge in [0.25, 0.3) is 5.91 Å². The molecule has 0 aliphatic carbocycles. The van der Waals surface area contributed by atoms with Crippen LogP contribution in [-0.4, -0.2) is 39.3 Å². The number of rotatable bonds is 7. The second-order valence-corrected chi connectivity index (χ2v) is 4.42. The van der Waals surface area contributed by atoms with Crippen molar-refractivity contribution in [1.29, 1.82) is 0 Å². The van der Waals surface area contributed by atoms with Gasteiger partial charge in [0.1, 0.15) is 4.88 Å². The van der Waals surface area contributed by atoms with Crippen LogP contribution in [0.15, 0.2) is 11.4 Å². The first kappa shape index (κ1) is 13.4. The van der Waals surface area contributed by atoms with E-state index in [0.29, 0.717) is 23.1 Å². The lowest BCUT2D eigenvalue weighted by molar-refractivity contribution is 0.0958. The Balaban J connectivity index is 2.14. The van der Waals surface area contributed by atoms with Gasteiger partial charge in [0.05, 0.1) is 11.6 Å². The summed E-state index contributed by atoms with van der Waals surface area (Å²) < 4.78 is 4.88. The minimum atomic E-state index is -0.117. The van der Waals surface area contributed by atoms with Crippen LogP contribution in [0.25, 0.3) is 0 Å². The Morgan fingerprint density at radius 1 is 1.50 bits per heavy atom. The van der Waals surface area contributed by atoms with E-state index in [1.165, 1.54) is 11.3 Å². The van der Waals surface area contributed by atoms with E-state index in [0.717, 1.165) is 13.1 Å². The van der Waals surface area contributed by atoms with E-state index in [1.807, 2.05) is 0 Å². The van der Waals surface area contributed by atoms with Crippen molar-refractivity contribution in [3.63, 3.8) is 0 Å². The average molecular weight is 263 g/mol. The first-order valence-electron chi connectivity index (χ1n) is 4.96. The Bertz CT molecular complexity index is 330. The summed E-state index contributed by atoms with van der Waals surface area (Å²) in [5, 5.41) is 8.23. The molecule has 1 aromatic heterocycles. The number of amides is 1. The third-order valence-corrected chi connectivity index (χ3v) is 3.23. The van der Waals surface area contributed by atoms with Crippen LogP contribution < -0.4 is 10.6 Å². The minimum Gasteiger partial charge on any atom is -0.383 e. The molecule has 0 radical (unpaired) electrons. The lowest BCUT2D eigenvalue weighted by Gasteiger charge is -2.05. The SMILES string of the molecule is COCCNCCNC(=O)c1sccc1Cl. The molecule has 0 fully saturated rings. The van der Waals surface area contributed by atoms with E-state index in [-0.39, 0.29) is 5.91 Å². The van der Waals surface area contributed by atoms with Gasteiger partial charge in [0.2, 0.25) is 0 Å². The molecule has 4 nitrogen and oxygen atoms in total. The van der Waals surface area contributed by atoms with Gasteiger partial charge in [0, 0.05) is 26.7 Å². The standard InChI is InChI=1S/C10H15ClN2O2S/c1-15-6-5-12-3-4-13-10(14)9-8(11)2-7-16-9/h2,7,12H,3-6H2,1H3,(H,13,14). The van der Waals surface area contributed by atoms with Gasteiger partial charge in [-0.05, 0) is 11.4 Å². The molecule has 6 heteroatoms. The molecule has 0 aliphatic rings. The van der Waals surface area contributed by atoms with Crippen LogP contribution in [-0.2, 0) is 4.74 Å². The van der Waals surface area contributed by atoms with E-state index in [1.54, 1.807) is 18.6 Å². The summed E-state index contributed by atoms with van der Waals surface area (Å²) in [6, 6.07) is 1.72. The van der Waals surface area contributed by atoms with Crippen molar-refractivity contribution < 1.29 is 9.53 Å². The molecule has 1 rings (SSSR count). The molecular formula is C10H15ClN2O2S. The molecule has 0 atom stereocenters. The lowest BCUT2D eigenvalue weighted by Crippen LogP contribution is -2.32. The first-order chi connectivity index (χ1) is 7.75. The molecule has 90 valence electrons. The Morgan fingerprint density at radius 2 is 2.31 bits per heavy atom. The van der Waals surface area contributed by atoms with E-state index in [4.69, 9.17) is 16.3 Å². The number of thiophene rings is 1. The average Bonchev–Trinajstić information content (AvgIpc) is 2.69. The Labute approximate surface area is 104 Å². The summed E-state index contributed by atoms with van der Waals surface area (Å²) in [5.41, 5.74) is 0. The van der Waals surface area contributed by atoms with Crippen molar-refractivity contribution in [2.75, 3.05) is 33.4 Å². The maximum Gasteiger partial charge on any atom is 0.262 e. The zero-order valence-electron chi connectivity index (χ0n) is 9.09. The molecule has 2 N–H and O–H groups in total. The highest BCUT2D eigenvalue weighted by Gasteiger charge is 2.10.